The van der Waals surface area contributed by atoms with Crippen molar-refractivity contribution in [3.05, 3.63) is 42.0 Å². The average Bonchev–Trinajstić information content (AvgIpc) is 2.37. The van der Waals surface area contributed by atoms with Crippen molar-refractivity contribution in [1.29, 1.82) is 0 Å². The molecule has 0 aromatic heterocycles. The Kier molecular flexibility index (Phi) is 3.11. The van der Waals surface area contributed by atoms with Crippen LogP contribution in [-0.4, -0.2) is 17.6 Å². The molecular weight excluding hydrogens is 238 g/mol. The summed E-state index contributed by atoms with van der Waals surface area (Å²) < 4.78 is 0. The van der Waals surface area contributed by atoms with E-state index in [-0.39, 0.29) is 11.7 Å². The molecule has 2 aromatic rings. The van der Waals surface area contributed by atoms with E-state index in [0.717, 1.165) is 10.8 Å². The van der Waals surface area contributed by atoms with Gasteiger partial charge in [0.15, 0.2) is 0 Å². The lowest BCUT2D eigenvalue weighted by Gasteiger charge is -2.25. The fraction of sp³-hybridized carbons (Fsp3) is 0.312. The van der Waals surface area contributed by atoms with Gasteiger partial charge in [0.1, 0.15) is 5.75 Å². The summed E-state index contributed by atoms with van der Waals surface area (Å²) in [4.78, 5) is 12.1. The third kappa shape index (κ3) is 2.28. The molecule has 3 rings (SSSR count). The molecule has 0 aliphatic heterocycles. The minimum absolute atomic E-state index is 0.0733. The molecule has 98 valence electrons. The Bertz CT molecular complexity index is 617. The highest BCUT2D eigenvalue weighted by molar-refractivity contribution is 6.03. The normalized spacial score (nSPS) is 15.2. The summed E-state index contributed by atoms with van der Waals surface area (Å²) in [5.74, 6) is 0.505. The lowest BCUT2D eigenvalue weighted by molar-refractivity contribution is 0.0936. The van der Waals surface area contributed by atoms with E-state index in [4.69, 9.17) is 0 Å². The van der Waals surface area contributed by atoms with E-state index in [1.165, 1.54) is 19.3 Å². The predicted molar refractivity (Wildman–Crippen MR) is 75.3 cm³/mol. The molecule has 0 atom stereocenters. The van der Waals surface area contributed by atoms with Crippen molar-refractivity contribution in [2.75, 3.05) is 6.54 Å². The Balaban J connectivity index is 1.83. The molecule has 3 heteroatoms. The summed E-state index contributed by atoms with van der Waals surface area (Å²) in [6.45, 7) is 0.713. The number of phenolic OH excluding ortho intramolecular Hbond substituents is 1. The van der Waals surface area contributed by atoms with Crippen LogP contribution in [0.15, 0.2) is 36.4 Å². The van der Waals surface area contributed by atoms with Gasteiger partial charge in [0, 0.05) is 11.9 Å². The lowest BCUT2D eigenvalue weighted by Crippen LogP contribution is -2.32. The van der Waals surface area contributed by atoms with Crippen molar-refractivity contribution in [2.24, 2.45) is 5.92 Å². The number of carbonyl (C=O) groups excluding carboxylic acids is 1. The molecule has 0 spiro atoms. The van der Waals surface area contributed by atoms with Crippen LogP contribution in [0.3, 0.4) is 0 Å². The van der Waals surface area contributed by atoms with Crippen molar-refractivity contribution < 1.29 is 9.90 Å². The molecule has 1 aliphatic rings. The number of benzene rings is 2. The molecule has 0 heterocycles. The first kappa shape index (κ1) is 12.0. The minimum atomic E-state index is -0.185. The maximum absolute atomic E-state index is 12.1. The number of aromatic hydroxyl groups is 1. The van der Waals surface area contributed by atoms with Gasteiger partial charge in [0.25, 0.3) is 5.91 Å². The first-order valence-electron chi connectivity index (χ1n) is 6.74. The summed E-state index contributed by atoms with van der Waals surface area (Å²) in [7, 11) is 0. The minimum Gasteiger partial charge on any atom is -0.506 e. The van der Waals surface area contributed by atoms with Gasteiger partial charge < -0.3 is 10.4 Å². The van der Waals surface area contributed by atoms with Crippen LogP contribution in [0.4, 0.5) is 0 Å². The molecule has 3 nitrogen and oxygen atoms in total. The first-order valence-corrected chi connectivity index (χ1v) is 6.74. The monoisotopic (exact) mass is 255 g/mol. The third-order valence-electron chi connectivity index (χ3n) is 3.92. The highest BCUT2D eigenvalue weighted by Crippen LogP contribution is 2.29. The molecule has 0 radical (unpaired) electrons. The molecule has 0 unspecified atom stereocenters. The van der Waals surface area contributed by atoms with Crippen LogP contribution in [-0.2, 0) is 0 Å². The van der Waals surface area contributed by atoms with Crippen LogP contribution in [0, 0.1) is 5.92 Å². The highest BCUT2D eigenvalue weighted by Gasteiger charge is 2.19. The van der Waals surface area contributed by atoms with Crippen LogP contribution in [0.5, 0.6) is 5.75 Å². The Morgan fingerprint density at radius 3 is 2.74 bits per heavy atom. The fourth-order valence-corrected chi connectivity index (χ4v) is 2.47. The van der Waals surface area contributed by atoms with E-state index in [2.05, 4.69) is 5.32 Å². The molecule has 19 heavy (non-hydrogen) atoms. The summed E-state index contributed by atoms with van der Waals surface area (Å²) in [6, 6.07) is 11.1. The fourth-order valence-electron chi connectivity index (χ4n) is 2.47. The Morgan fingerprint density at radius 2 is 2.00 bits per heavy atom. The standard InChI is InChI=1S/C16H17NO2/c18-15-13-7-2-1-6-12(13)8-9-14(15)16(19)17-10-11-4-3-5-11/h1-2,6-9,11,18H,3-5,10H2,(H,17,19). The summed E-state index contributed by atoms with van der Waals surface area (Å²) >= 11 is 0. The highest BCUT2D eigenvalue weighted by atomic mass is 16.3. The maximum atomic E-state index is 12.1. The van der Waals surface area contributed by atoms with Crippen LogP contribution in [0.25, 0.3) is 10.8 Å². The largest absolute Gasteiger partial charge is 0.506 e. The number of phenols is 1. The number of nitrogens with one attached hydrogen (secondary N) is 1. The predicted octanol–water partition coefficient (Wildman–Crippen LogP) is 3.08. The third-order valence-corrected chi connectivity index (χ3v) is 3.92. The molecule has 1 amide bonds. The van der Waals surface area contributed by atoms with Crippen LogP contribution in [0.2, 0.25) is 0 Å². The van der Waals surface area contributed by atoms with Gasteiger partial charge in [-0.1, -0.05) is 36.8 Å². The molecule has 1 aliphatic carbocycles. The Labute approximate surface area is 112 Å². The molecule has 1 saturated carbocycles. The van der Waals surface area contributed by atoms with E-state index in [1.807, 2.05) is 30.3 Å². The van der Waals surface area contributed by atoms with Gasteiger partial charge in [0.2, 0.25) is 0 Å². The Hall–Kier alpha value is -2.03. The van der Waals surface area contributed by atoms with Crippen molar-refractivity contribution in [2.45, 2.75) is 19.3 Å². The Morgan fingerprint density at radius 1 is 1.21 bits per heavy atom. The average molecular weight is 255 g/mol. The molecule has 0 saturated heterocycles. The number of fused-ring (bicyclic) bond motifs is 1. The molecule has 2 N–H and O–H groups in total. The van der Waals surface area contributed by atoms with Gasteiger partial charge in [-0.15, -0.1) is 0 Å². The second-order valence-electron chi connectivity index (χ2n) is 5.19. The topological polar surface area (TPSA) is 49.3 Å². The van der Waals surface area contributed by atoms with Crippen molar-refractivity contribution >= 4 is 16.7 Å². The quantitative estimate of drug-likeness (QED) is 0.885. The number of hydrogen-bond donors (Lipinski definition) is 2. The second kappa shape index (κ2) is 4.92. The van der Waals surface area contributed by atoms with Crippen molar-refractivity contribution in [1.82, 2.24) is 5.32 Å². The number of hydrogen-bond acceptors (Lipinski definition) is 2. The molecular formula is C16H17NO2. The van der Waals surface area contributed by atoms with Gasteiger partial charge in [-0.05, 0) is 30.2 Å². The number of carbonyl (C=O) groups is 1. The van der Waals surface area contributed by atoms with Crippen molar-refractivity contribution in [3.63, 3.8) is 0 Å². The number of amides is 1. The molecule has 1 fully saturated rings. The number of rotatable bonds is 3. The van der Waals surface area contributed by atoms with Crippen LogP contribution in [0.1, 0.15) is 29.6 Å². The van der Waals surface area contributed by atoms with Crippen LogP contribution < -0.4 is 5.32 Å². The smallest absolute Gasteiger partial charge is 0.255 e. The van der Waals surface area contributed by atoms with E-state index < -0.39 is 0 Å². The first-order chi connectivity index (χ1) is 9.25. The van der Waals surface area contributed by atoms with Gasteiger partial charge >= 0.3 is 0 Å². The SMILES string of the molecule is O=C(NCC1CCC1)c1ccc2ccccc2c1O. The van der Waals surface area contributed by atoms with Gasteiger partial charge in [-0.3, -0.25) is 4.79 Å². The van der Waals surface area contributed by atoms with Gasteiger partial charge in [-0.25, -0.2) is 0 Å². The van der Waals surface area contributed by atoms with E-state index >= 15 is 0 Å². The second-order valence-corrected chi connectivity index (χ2v) is 5.19. The lowest BCUT2D eigenvalue weighted by atomic mass is 9.85. The molecule has 2 aromatic carbocycles. The zero-order valence-corrected chi connectivity index (χ0v) is 10.7. The van der Waals surface area contributed by atoms with Crippen molar-refractivity contribution in [3.8, 4) is 5.75 Å². The summed E-state index contributed by atoms with van der Waals surface area (Å²) in [5.41, 5.74) is 0.359. The molecule has 0 bridgehead atoms. The van der Waals surface area contributed by atoms with Gasteiger partial charge in [0.05, 0.1) is 5.56 Å². The van der Waals surface area contributed by atoms with Crippen LogP contribution >= 0.6 is 0 Å². The summed E-state index contributed by atoms with van der Waals surface area (Å²) in [6.07, 6.45) is 3.66. The maximum Gasteiger partial charge on any atom is 0.255 e. The van der Waals surface area contributed by atoms with E-state index in [0.29, 0.717) is 18.0 Å². The zero-order chi connectivity index (χ0) is 13.2. The van der Waals surface area contributed by atoms with E-state index in [9.17, 15) is 9.90 Å². The summed E-state index contributed by atoms with van der Waals surface area (Å²) in [5, 5.41) is 14.8. The zero-order valence-electron chi connectivity index (χ0n) is 10.7. The van der Waals surface area contributed by atoms with Gasteiger partial charge in [-0.2, -0.15) is 0 Å². The van der Waals surface area contributed by atoms with E-state index in [1.54, 1.807) is 6.07 Å².